The fourth-order valence-electron chi connectivity index (χ4n) is 2.65. The number of hydrogen-bond acceptors (Lipinski definition) is 6. The number of carbonyl (C=O) groups is 1. The van der Waals surface area contributed by atoms with E-state index in [1.165, 1.54) is 0 Å². The van der Waals surface area contributed by atoms with Crippen LogP contribution < -0.4 is 0 Å². The summed E-state index contributed by atoms with van der Waals surface area (Å²) >= 11 is 0. The highest BCUT2D eigenvalue weighted by Gasteiger charge is 2.57. The van der Waals surface area contributed by atoms with E-state index in [0.29, 0.717) is 6.61 Å². The molecule has 0 bridgehead atoms. The molecule has 2 rings (SSSR count). The smallest absolute Gasteiger partial charge is 0.192 e. The predicted octanol–water partition coefficient (Wildman–Crippen LogP) is 3.02. The number of fused-ring (bicyclic) bond motifs is 1. The van der Waals surface area contributed by atoms with Gasteiger partial charge < -0.3 is 23.4 Å². The largest absolute Gasteiger partial charge is 0.409 e. The lowest BCUT2D eigenvalue weighted by atomic mass is 10.1. The minimum atomic E-state index is -2.01. The quantitative estimate of drug-likeness (QED) is 0.506. The summed E-state index contributed by atoms with van der Waals surface area (Å²) in [5.41, 5.74) is 0. The zero-order valence-electron chi connectivity index (χ0n) is 16.5. The summed E-state index contributed by atoms with van der Waals surface area (Å²) in [5.74, 6) is -0.894. The normalized spacial score (nSPS) is 31.8. The van der Waals surface area contributed by atoms with E-state index in [1.54, 1.807) is 6.08 Å². The van der Waals surface area contributed by atoms with E-state index in [0.717, 1.165) is 0 Å². The lowest BCUT2D eigenvalue weighted by Crippen LogP contribution is -2.46. The van der Waals surface area contributed by atoms with Crippen molar-refractivity contribution in [1.29, 1.82) is 0 Å². The van der Waals surface area contributed by atoms with Crippen LogP contribution in [0.25, 0.3) is 0 Å². The third-order valence-corrected chi connectivity index (χ3v) is 9.57. The highest BCUT2D eigenvalue weighted by molar-refractivity contribution is 6.74. The van der Waals surface area contributed by atoms with Gasteiger partial charge in [0.05, 0.1) is 13.2 Å². The molecule has 0 aromatic rings. The van der Waals surface area contributed by atoms with Crippen molar-refractivity contribution in [1.82, 2.24) is 0 Å². The lowest BCUT2D eigenvalue weighted by molar-refractivity contribution is -0.217. The van der Waals surface area contributed by atoms with E-state index in [9.17, 15) is 4.79 Å². The fourth-order valence-corrected chi connectivity index (χ4v) is 3.59. The molecule has 2 heterocycles. The third-order valence-electron chi connectivity index (χ3n) is 5.10. The van der Waals surface area contributed by atoms with Gasteiger partial charge in [0.15, 0.2) is 32.3 Å². The molecule has 2 saturated heterocycles. The lowest BCUT2D eigenvalue weighted by Gasteiger charge is -2.36. The van der Waals surface area contributed by atoms with Gasteiger partial charge in [-0.3, -0.25) is 4.79 Å². The van der Waals surface area contributed by atoms with E-state index < -0.39 is 38.7 Å². The van der Waals surface area contributed by atoms with Crippen LogP contribution in [0.2, 0.25) is 18.1 Å². The van der Waals surface area contributed by atoms with Gasteiger partial charge in [-0.05, 0) is 32.0 Å². The van der Waals surface area contributed by atoms with Crippen LogP contribution in [0.5, 0.6) is 0 Å². The molecular formula is C18H32O6Si. The van der Waals surface area contributed by atoms with Crippen molar-refractivity contribution in [2.45, 2.75) is 83.1 Å². The standard InChI is InChI=1S/C18H32O6Si/c1-9-10-20-14-13(22-16-15(14)23-18(5,6)24-16)12(19)11-21-25(7,8)17(2,3)4/h9,13-16H,1,10-11H2,2-8H3/t13-,14+,15-,16-/m1/s1. The van der Waals surface area contributed by atoms with Gasteiger partial charge in [-0.25, -0.2) is 0 Å². The van der Waals surface area contributed by atoms with E-state index in [2.05, 4.69) is 40.4 Å². The Morgan fingerprint density at radius 1 is 1.28 bits per heavy atom. The van der Waals surface area contributed by atoms with Crippen LogP contribution in [0.4, 0.5) is 0 Å². The van der Waals surface area contributed by atoms with Crippen LogP contribution >= 0.6 is 0 Å². The number of carbonyl (C=O) groups excluding carboxylic acids is 1. The van der Waals surface area contributed by atoms with Gasteiger partial charge in [-0.2, -0.15) is 0 Å². The Labute approximate surface area is 151 Å². The van der Waals surface area contributed by atoms with Crippen molar-refractivity contribution in [2.24, 2.45) is 0 Å². The topological polar surface area (TPSA) is 63.2 Å². The van der Waals surface area contributed by atoms with Crippen molar-refractivity contribution in [3.05, 3.63) is 12.7 Å². The van der Waals surface area contributed by atoms with Crippen LogP contribution in [0.15, 0.2) is 12.7 Å². The molecular weight excluding hydrogens is 340 g/mol. The average Bonchev–Trinajstić information content (AvgIpc) is 2.93. The molecule has 0 N–H and O–H groups in total. The van der Waals surface area contributed by atoms with Gasteiger partial charge in [0.2, 0.25) is 0 Å². The van der Waals surface area contributed by atoms with Crippen molar-refractivity contribution < 1.29 is 28.2 Å². The highest BCUT2D eigenvalue weighted by atomic mass is 28.4. The Morgan fingerprint density at radius 2 is 1.92 bits per heavy atom. The molecule has 2 fully saturated rings. The summed E-state index contributed by atoms with van der Waals surface area (Å²) in [7, 11) is -2.01. The van der Waals surface area contributed by atoms with E-state index in [-0.39, 0.29) is 17.4 Å². The molecule has 7 heteroatoms. The summed E-state index contributed by atoms with van der Waals surface area (Å²) in [5, 5.41) is 0.0370. The first kappa shape index (κ1) is 20.7. The minimum absolute atomic E-state index is 0.0118. The second-order valence-corrected chi connectivity index (χ2v) is 13.4. The molecule has 0 spiro atoms. The molecule has 2 aliphatic heterocycles. The summed E-state index contributed by atoms with van der Waals surface area (Å²) in [4.78, 5) is 12.7. The molecule has 4 atom stereocenters. The summed E-state index contributed by atoms with van der Waals surface area (Å²) in [6.07, 6.45) is -0.679. The van der Waals surface area contributed by atoms with Crippen molar-refractivity contribution in [3.63, 3.8) is 0 Å². The van der Waals surface area contributed by atoms with Crippen molar-refractivity contribution in [2.75, 3.05) is 13.2 Å². The molecule has 2 aliphatic rings. The molecule has 0 aliphatic carbocycles. The maximum Gasteiger partial charge on any atom is 0.192 e. The number of Topliss-reactive ketones (excluding diaryl/α,β-unsaturated/α-hetero) is 1. The molecule has 0 unspecified atom stereocenters. The van der Waals surface area contributed by atoms with E-state index >= 15 is 0 Å². The van der Waals surface area contributed by atoms with Crippen molar-refractivity contribution >= 4 is 14.1 Å². The Morgan fingerprint density at radius 3 is 2.48 bits per heavy atom. The SMILES string of the molecule is C=CCO[C@@H]1[C@H]2OC(C)(C)O[C@H]2O[C@@H]1C(=O)CO[Si](C)(C)C(C)(C)C. The monoisotopic (exact) mass is 372 g/mol. The van der Waals surface area contributed by atoms with Gasteiger partial charge in [0.25, 0.3) is 0 Å². The molecule has 6 nitrogen and oxygen atoms in total. The van der Waals surface area contributed by atoms with Crippen LogP contribution in [0, 0.1) is 0 Å². The molecule has 0 aromatic heterocycles. The molecule has 0 amide bonds. The highest BCUT2D eigenvalue weighted by Crippen LogP contribution is 2.40. The first-order chi connectivity index (χ1) is 11.4. The van der Waals surface area contributed by atoms with Gasteiger partial charge >= 0.3 is 0 Å². The van der Waals surface area contributed by atoms with E-state index in [1.807, 2.05) is 13.8 Å². The Hall–Kier alpha value is -0.573. The first-order valence-electron chi connectivity index (χ1n) is 8.78. The van der Waals surface area contributed by atoms with E-state index in [4.69, 9.17) is 23.4 Å². The van der Waals surface area contributed by atoms with Crippen LogP contribution in [-0.4, -0.2) is 57.7 Å². The second kappa shape index (κ2) is 7.21. The predicted molar refractivity (Wildman–Crippen MR) is 96.8 cm³/mol. The molecule has 0 saturated carbocycles. The zero-order chi connectivity index (χ0) is 19.0. The van der Waals surface area contributed by atoms with Gasteiger partial charge in [0.1, 0.15) is 12.2 Å². The first-order valence-corrected chi connectivity index (χ1v) is 11.7. The maximum absolute atomic E-state index is 12.7. The number of rotatable bonds is 7. The number of ketones is 1. The van der Waals surface area contributed by atoms with Crippen LogP contribution in [0.3, 0.4) is 0 Å². The molecule has 0 radical (unpaired) electrons. The second-order valence-electron chi connectivity index (χ2n) is 8.63. The zero-order valence-corrected chi connectivity index (χ0v) is 17.5. The van der Waals surface area contributed by atoms with Gasteiger partial charge in [0, 0.05) is 0 Å². The number of hydrogen-bond donors (Lipinski definition) is 0. The van der Waals surface area contributed by atoms with Crippen LogP contribution in [-0.2, 0) is 28.2 Å². The van der Waals surface area contributed by atoms with Gasteiger partial charge in [-0.1, -0.05) is 26.8 Å². The Bertz CT molecular complexity index is 510. The summed E-state index contributed by atoms with van der Waals surface area (Å²) in [6, 6.07) is 0. The minimum Gasteiger partial charge on any atom is -0.409 e. The molecule has 0 aromatic carbocycles. The van der Waals surface area contributed by atoms with Crippen LogP contribution in [0.1, 0.15) is 34.6 Å². The Balaban J connectivity index is 2.04. The number of ether oxygens (including phenoxy) is 4. The summed E-state index contributed by atoms with van der Waals surface area (Å²) < 4.78 is 29.2. The fraction of sp³-hybridized carbons (Fsp3) is 0.833. The maximum atomic E-state index is 12.7. The van der Waals surface area contributed by atoms with Crippen molar-refractivity contribution in [3.8, 4) is 0 Å². The van der Waals surface area contributed by atoms with Gasteiger partial charge in [-0.15, -0.1) is 6.58 Å². The Kier molecular flexibility index (Phi) is 5.98. The summed E-state index contributed by atoms with van der Waals surface area (Å²) in [6.45, 7) is 18.3. The average molecular weight is 373 g/mol. The third kappa shape index (κ3) is 4.59. The molecule has 25 heavy (non-hydrogen) atoms. The molecule has 144 valence electrons.